The first-order valence-electron chi connectivity index (χ1n) is 13.3. The molecule has 4 rings (SSSR count). The zero-order valence-electron chi connectivity index (χ0n) is 25.0. The molecule has 0 saturated heterocycles. The first kappa shape index (κ1) is 32.5. The Morgan fingerprint density at radius 1 is 0.730 bits per heavy atom. The molecule has 1 unspecified atom stereocenters. The van der Waals surface area contributed by atoms with Crippen LogP contribution in [-0.2, 0) is 33.6 Å². The normalized spacial score (nSPS) is 16.9. The average Bonchev–Trinajstić information content (AvgIpc) is 3.24. The molecule has 1 atom stereocenters. The van der Waals surface area contributed by atoms with Crippen LogP contribution in [0.15, 0.2) is 47.6 Å². The fourth-order valence-corrected chi connectivity index (χ4v) is 9.03. The van der Waals surface area contributed by atoms with E-state index in [9.17, 15) is 0 Å². The molecule has 0 fully saturated rings. The summed E-state index contributed by atoms with van der Waals surface area (Å²) in [5, 5.41) is 0. The van der Waals surface area contributed by atoms with Crippen molar-refractivity contribution < 1.29 is 47.6 Å². The number of fused-ring (bicyclic) bond motifs is 3. The zero-order chi connectivity index (χ0) is 26.1. The van der Waals surface area contributed by atoms with Crippen molar-refractivity contribution in [2.75, 3.05) is 0 Å². The molecule has 0 saturated carbocycles. The summed E-state index contributed by atoms with van der Waals surface area (Å²) in [5.41, 5.74) is 15.8. The number of benzene rings is 2. The number of rotatable bonds is 2. The van der Waals surface area contributed by atoms with E-state index in [0.29, 0.717) is 3.63 Å². The molecule has 0 bridgehead atoms. The minimum atomic E-state index is -0.759. The molecule has 0 N–H and O–H groups in total. The molecule has 0 spiro atoms. The Labute approximate surface area is 250 Å². The first-order valence-corrected chi connectivity index (χ1v) is 15.9. The Balaban J connectivity index is 0.00000241. The summed E-state index contributed by atoms with van der Waals surface area (Å²) in [6, 6.07) is 12.6. The van der Waals surface area contributed by atoms with Gasteiger partial charge in [0.15, 0.2) is 0 Å². The summed E-state index contributed by atoms with van der Waals surface area (Å²) in [7, 11) is 0. The van der Waals surface area contributed by atoms with Gasteiger partial charge in [-0.2, -0.15) is 0 Å². The van der Waals surface area contributed by atoms with Crippen LogP contribution in [0.1, 0.15) is 121 Å². The average molecular weight is 616 g/mol. The summed E-state index contributed by atoms with van der Waals surface area (Å²) in [6.45, 7) is 28.3. The molecule has 0 nitrogen and oxygen atoms in total. The monoisotopic (exact) mass is 613 g/mol. The molecule has 2 aromatic carbocycles. The van der Waals surface area contributed by atoms with Crippen molar-refractivity contribution in [3.05, 3.63) is 75.4 Å². The van der Waals surface area contributed by atoms with Gasteiger partial charge < -0.3 is 24.8 Å². The molecular formula is C34H45Cl2Zr. The van der Waals surface area contributed by atoms with E-state index in [0.717, 1.165) is 6.42 Å². The van der Waals surface area contributed by atoms with Gasteiger partial charge >= 0.3 is 227 Å². The molecule has 0 aromatic heterocycles. The summed E-state index contributed by atoms with van der Waals surface area (Å²) in [4.78, 5) is 0. The SMILES string of the molecule is C[C](C)=[Zr+2][CH]1c2ccc(C(C)(C)C)cc2-c2cc(C(C)(C)C)cc(C3=C(C)C=C(C(C)(C)C)C3)c21.[Cl-].[Cl-]. The maximum atomic E-state index is 2.57. The second-order valence-corrected chi connectivity index (χ2v) is 18.7. The van der Waals surface area contributed by atoms with Crippen molar-refractivity contribution >= 4 is 8.78 Å². The van der Waals surface area contributed by atoms with E-state index in [2.05, 4.69) is 119 Å². The molecule has 2 aliphatic carbocycles. The minimum Gasteiger partial charge on any atom is -1.00 e. The molecule has 2 aromatic rings. The van der Waals surface area contributed by atoms with Gasteiger partial charge in [0, 0.05) is 0 Å². The molecule has 199 valence electrons. The first-order chi connectivity index (χ1) is 16.0. The Hall–Kier alpha value is -0.747. The van der Waals surface area contributed by atoms with E-state index in [1.807, 2.05) is 0 Å². The molecule has 3 heteroatoms. The molecule has 0 heterocycles. The van der Waals surface area contributed by atoms with Crippen molar-refractivity contribution in [1.29, 1.82) is 0 Å². The van der Waals surface area contributed by atoms with Crippen LogP contribution in [0.5, 0.6) is 0 Å². The number of hydrogen-bond acceptors (Lipinski definition) is 0. The number of halogens is 2. The quantitative estimate of drug-likeness (QED) is 0.483. The number of hydrogen-bond donors (Lipinski definition) is 0. The van der Waals surface area contributed by atoms with Crippen molar-refractivity contribution in [1.82, 2.24) is 0 Å². The summed E-state index contributed by atoms with van der Waals surface area (Å²) >= 11 is -0.759. The van der Waals surface area contributed by atoms with E-state index in [1.165, 1.54) is 27.8 Å². The Kier molecular flexibility index (Phi) is 9.67. The van der Waals surface area contributed by atoms with Crippen LogP contribution < -0.4 is 24.8 Å². The largest absolute Gasteiger partial charge is 1.00 e. The van der Waals surface area contributed by atoms with Gasteiger partial charge in [-0.05, 0) is 0 Å². The van der Waals surface area contributed by atoms with E-state index >= 15 is 0 Å². The van der Waals surface area contributed by atoms with Crippen molar-refractivity contribution in [3.8, 4) is 11.1 Å². The van der Waals surface area contributed by atoms with Crippen molar-refractivity contribution in [2.45, 2.75) is 104 Å². The third kappa shape index (κ3) is 6.37. The third-order valence-electron chi connectivity index (χ3n) is 7.81. The van der Waals surface area contributed by atoms with Gasteiger partial charge in [-0.25, -0.2) is 0 Å². The molecule has 2 aliphatic rings. The Morgan fingerprint density at radius 2 is 1.27 bits per heavy atom. The molecule has 0 amide bonds. The van der Waals surface area contributed by atoms with Gasteiger partial charge in [0.1, 0.15) is 0 Å². The zero-order valence-corrected chi connectivity index (χ0v) is 29.0. The van der Waals surface area contributed by atoms with E-state index in [4.69, 9.17) is 0 Å². The van der Waals surface area contributed by atoms with Crippen LogP contribution in [0.25, 0.3) is 16.7 Å². The predicted octanol–water partition coefficient (Wildman–Crippen LogP) is 3.80. The van der Waals surface area contributed by atoms with Crippen LogP contribution >= 0.6 is 0 Å². The van der Waals surface area contributed by atoms with Gasteiger partial charge in [0.2, 0.25) is 0 Å². The molecular weight excluding hydrogens is 571 g/mol. The van der Waals surface area contributed by atoms with Crippen LogP contribution in [0, 0.1) is 5.41 Å². The van der Waals surface area contributed by atoms with E-state index < -0.39 is 22.8 Å². The van der Waals surface area contributed by atoms with E-state index in [-0.39, 0.29) is 41.1 Å². The Morgan fingerprint density at radius 3 is 1.76 bits per heavy atom. The van der Waals surface area contributed by atoms with Crippen LogP contribution in [0.4, 0.5) is 0 Å². The summed E-state index contributed by atoms with van der Waals surface area (Å²) in [5.74, 6) is 0. The van der Waals surface area contributed by atoms with Crippen LogP contribution in [0.2, 0.25) is 0 Å². The van der Waals surface area contributed by atoms with Gasteiger partial charge in [0.25, 0.3) is 0 Å². The standard InChI is InChI=1S/C31H39.C3H6.2ClH.Zr/c1-19-13-22(30(5,6)7)16-24(19)27-17-23(31(8,9)10)18-28-25-15-21(29(2,3)4)12-11-20(25)14-26(27)28;1-3-2;;;/h11-15,17-18H,16H2,1-10H3;1-2H3;2*1H;/q;;;;+2/p-2. The van der Waals surface area contributed by atoms with Crippen molar-refractivity contribution in [2.24, 2.45) is 5.41 Å². The topological polar surface area (TPSA) is 0 Å². The van der Waals surface area contributed by atoms with Crippen LogP contribution in [-0.4, -0.2) is 3.21 Å². The Bertz CT molecular complexity index is 1280. The summed E-state index contributed by atoms with van der Waals surface area (Å²) in [6.07, 6.45) is 3.57. The predicted molar refractivity (Wildman–Crippen MR) is 152 cm³/mol. The van der Waals surface area contributed by atoms with Gasteiger partial charge in [-0.3, -0.25) is 0 Å². The van der Waals surface area contributed by atoms with Crippen molar-refractivity contribution in [3.63, 3.8) is 0 Å². The van der Waals surface area contributed by atoms with Gasteiger partial charge in [0.05, 0.1) is 0 Å². The van der Waals surface area contributed by atoms with E-state index in [1.54, 1.807) is 31.0 Å². The summed E-state index contributed by atoms with van der Waals surface area (Å²) < 4.78 is 2.28. The van der Waals surface area contributed by atoms with Gasteiger partial charge in [-0.15, -0.1) is 0 Å². The molecule has 0 radical (unpaired) electrons. The molecule has 37 heavy (non-hydrogen) atoms. The fraction of sp³-hybridized carbons (Fsp3) is 0.500. The molecule has 0 aliphatic heterocycles. The fourth-order valence-electron chi connectivity index (χ4n) is 5.49. The number of allylic oxidation sites excluding steroid dienone is 4. The smallest absolute Gasteiger partial charge is 1.00 e. The maximum absolute atomic E-state index is 2.57. The maximum Gasteiger partial charge on any atom is -1.00 e. The minimum absolute atomic E-state index is 0. The third-order valence-corrected chi connectivity index (χ3v) is 11.4. The second-order valence-electron chi connectivity index (χ2n) is 14.1. The second kappa shape index (κ2) is 11.0. The van der Waals surface area contributed by atoms with Crippen LogP contribution in [0.3, 0.4) is 0 Å². The van der Waals surface area contributed by atoms with Gasteiger partial charge in [-0.1, -0.05) is 0 Å².